The van der Waals surface area contributed by atoms with Crippen LogP contribution in [0.15, 0.2) is 22.7 Å². The normalized spacial score (nSPS) is 12.3. The Kier molecular flexibility index (Phi) is 2.31. The van der Waals surface area contributed by atoms with Gasteiger partial charge in [0.05, 0.1) is 4.70 Å². The number of rotatable bonds is 1. The van der Waals surface area contributed by atoms with Crippen LogP contribution < -0.4 is 0 Å². The first-order valence-corrected chi connectivity index (χ1v) is 5.48. The molecule has 0 saturated carbocycles. The van der Waals surface area contributed by atoms with Gasteiger partial charge in [-0.05, 0) is 29.7 Å². The van der Waals surface area contributed by atoms with Crippen molar-refractivity contribution in [2.75, 3.05) is 0 Å². The summed E-state index contributed by atoms with van der Waals surface area (Å²) >= 11 is 4.35. The van der Waals surface area contributed by atoms with E-state index in [1.165, 1.54) is 0 Å². The van der Waals surface area contributed by atoms with Crippen molar-refractivity contribution in [3.05, 3.63) is 28.4 Å². The fourth-order valence-corrected chi connectivity index (χ4v) is 2.42. The number of halogens is 3. The Morgan fingerprint density at radius 3 is 2.79 bits per heavy atom. The number of fused-ring (bicyclic) bond motifs is 1. The lowest BCUT2D eigenvalue weighted by Gasteiger charge is -2.06. The maximum absolute atomic E-state index is 13.1. The van der Waals surface area contributed by atoms with Crippen LogP contribution >= 0.6 is 27.5 Å². The third-order valence-electron chi connectivity index (χ3n) is 1.85. The molecule has 0 radical (unpaired) electrons. The van der Waals surface area contributed by atoms with Gasteiger partial charge in [0.2, 0.25) is 0 Å². The second-order valence-corrected chi connectivity index (χ2v) is 4.78. The van der Waals surface area contributed by atoms with E-state index in [2.05, 4.69) is 20.3 Å². The van der Waals surface area contributed by atoms with Crippen LogP contribution in [0, 0.1) is 0 Å². The van der Waals surface area contributed by atoms with E-state index >= 15 is 0 Å². The largest absolute Gasteiger partial charge is 0.288 e. The highest BCUT2D eigenvalue weighted by molar-refractivity contribution is 9.10. The molecule has 14 heavy (non-hydrogen) atoms. The second-order valence-electron chi connectivity index (χ2n) is 3.06. The van der Waals surface area contributed by atoms with Crippen molar-refractivity contribution in [2.24, 2.45) is 0 Å². The number of nitrogens with zero attached hydrogens (tertiary/aromatic N) is 1. The van der Waals surface area contributed by atoms with E-state index in [4.69, 9.17) is 0 Å². The Balaban J connectivity index is 2.73. The lowest BCUT2D eigenvalue weighted by Crippen LogP contribution is -2.07. The predicted octanol–water partition coefficient (Wildman–Crippen LogP) is 4.17. The Morgan fingerprint density at radius 2 is 2.14 bits per heavy atom. The summed E-state index contributed by atoms with van der Waals surface area (Å²) < 4.78 is 31.5. The van der Waals surface area contributed by atoms with Crippen molar-refractivity contribution >= 4 is 37.5 Å². The lowest BCUT2D eigenvalue weighted by molar-refractivity contribution is 0.0154. The molecular formula is C9H6BrF2NS. The molecule has 0 unspecified atom stereocenters. The van der Waals surface area contributed by atoms with E-state index in [9.17, 15) is 8.78 Å². The quantitative estimate of drug-likeness (QED) is 0.762. The fraction of sp³-hybridized carbons (Fsp3) is 0.222. The lowest BCUT2D eigenvalue weighted by atomic mass is 10.1. The molecule has 0 atom stereocenters. The van der Waals surface area contributed by atoms with Crippen LogP contribution in [0.5, 0.6) is 0 Å². The minimum atomic E-state index is -2.88. The number of hydrogen-bond acceptors (Lipinski definition) is 2. The first kappa shape index (κ1) is 9.98. The van der Waals surface area contributed by atoms with Gasteiger partial charge in [0.25, 0.3) is 5.92 Å². The first-order valence-electron chi connectivity index (χ1n) is 3.92. The van der Waals surface area contributed by atoms with Crippen molar-refractivity contribution in [3.63, 3.8) is 0 Å². The number of benzene rings is 1. The van der Waals surface area contributed by atoms with Crippen LogP contribution in [0.25, 0.3) is 10.1 Å². The van der Waals surface area contributed by atoms with Crippen molar-refractivity contribution in [3.8, 4) is 0 Å². The highest BCUT2D eigenvalue weighted by Gasteiger charge is 2.29. The SMILES string of the molecule is CC(F)(F)c1nsc2ccc(Br)cc12. The Labute approximate surface area is 92.0 Å². The molecular weight excluding hydrogens is 272 g/mol. The van der Waals surface area contributed by atoms with Gasteiger partial charge in [-0.1, -0.05) is 15.9 Å². The zero-order chi connectivity index (χ0) is 10.3. The van der Waals surface area contributed by atoms with Gasteiger partial charge in [0.15, 0.2) is 0 Å². The van der Waals surface area contributed by atoms with Crippen LogP contribution in [0.4, 0.5) is 8.78 Å². The molecule has 1 heterocycles. The van der Waals surface area contributed by atoms with E-state index in [0.29, 0.717) is 5.39 Å². The Hall–Kier alpha value is -0.550. The number of alkyl halides is 2. The summed E-state index contributed by atoms with van der Waals surface area (Å²) in [5, 5.41) is 0.525. The van der Waals surface area contributed by atoms with E-state index in [1.54, 1.807) is 12.1 Å². The monoisotopic (exact) mass is 277 g/mol. The molecule has 0 fully saturated rings. The van der Waals surface area contributed by atoms with Crippen molar-refractivity contribution in [1.29, 1.82) is 0 Å². The summed E-state index contributed by atoms with van der Waals surface area (Å²) in [6, 6.07) is 5.27. The summed E-state index contributed by atoms with van der Waals surface area (Å²) in [6.45, 7) is 0.863. The van der Waals surface area contributed by atoms with Gasteiger partial charge in [-0.15, -0.1) is 0 Å². The second kappa shape index (κ2) is 3.24. The fourth-order valence-electron chi connectivity index (χ4n) is 1.23. The molecule has 1 nitrogen and oxygen atoms in total. The van der Waals surface area contributed by atoms with Gasteiger partial charge in [0.1, 0.15) is 5.69 Å². The summed E-state index contributed by atoms with van der Waals surface area (Å²) in [5.41, 5.74) is -0.140. The third kappa shape index (κ3) is 1.66. The van der Waals surface area contributed by atoms with Crippen molar-refractivity contribution in [1.82, 2.24) is 4.37 Å². The maximum atomic E-state index is 13.1. The van der Waals surface area contributed by atoms with E-state index < -0.39 is 5.92 Å². The highest BCUT2D eigenvalue weighted by atomic mass is 79.9. The van der Waals surface area contributed by atoms with E-state index in [-0.39, 0.29) is 5.69 Å². The van der Waals surface area contributed by atoms with Crippen LogP contribution in [0.3, 0.4) is 0 Å². The molecule has 0 saturated heterocycles. The minimum absolute atomic E-state index is 0.140. The summed E-state index contributed by atoms with van der Waals surface area (Å²) in [6.07, 6.45) is 0. The molecule has 74 valence electrons. The van der Waals surface area contributed by atoms with Gasteiger partial charge in [-0.25, -0.2) is 0 Å². The summed E-state index contributed by atoms with van der Waals surface area (Å²) in [4.78, 5) is 0. The topological polar surface area (TPSA) is 12.9 Å². The standard InChI is InChI=1S/C9H6BrF2NS/c1-9(11,12)8-6-4-5(10)2-3-7(6)14-13-8/h2-4H,1H3. The number of hydrogen-bond donors (Lipinski definition) is 0. The van der Waals surface area contributed by atoms with Crippen LogP contribution in [0.1, 0.15) is 12.6 Å². The molecule has 0 bridgehead atoms. The highest BCUT2D eigenvalue weighted by Crippen LogP contribution is 2.35. The van der Waals surface area contributed by atoms with Gasteiger partial charge in [0, 0.05) is 16.8 Å². The first-order chi connectivity index (χ1) is 6.48. The molecule has 5 heteroatoms. The average molecular weight is 278 g/mol. The zero-order valence-electron chi connectivity index (χ0n) is 7.22. The van der Waals surface area contributed by atoms with Gasteiger partial charge < -0.3 is 0 Å². The molecule has 0 aliphatic rings. The Morgan fingerprint density at radius 1 is 1.43 bits per heavy atom. The predicted molar refractivity (Wildman–Crippen MR) is 56.9 cm³/mol. The zero-order valence-corrected chi connectivity index (χ0v) is 9.62. The van der Waals surface area contributed by atoms with Gasteiger partial charge in [-0.2, -0.15) is 13.2 Å². The minimum Gasteiger partial charge on any atom is -0.200 e. The molecule has 2 rings (SSSR count). The van der Waals surface area contributed by atoms with E-state index in [1.807, 2.05) is 6.07 Å². The summed E-state index contributed by atoms with van der Waals surface area (Å²) in [5.74, 6) is -2.88. The molecule has 0 spiro atoms. The maximum Gasteiger partial charge on any atom is 0.288 e. The molecule has 0 N–H and O–H groups in total. The van der Waals surface area contributed by atoms with Crippen molar-refractivity contribution < 1.29 is 8.78 Å². The third-order valence-corrected chi connectivity index (χ3v) is 3.17. The van der Waals surface area contributed by atoms with Crippen LogP contribution in [-0.4, -0.2) is 4.37 Å². The molecule has 0 aliphatic carbocycles. The van der Waals surface area contributed by atoms with Gasteiger partial charge in [-0.3, -0.25) is 0 Å². The summed E-state index contributed by atoms with van der Waals surface area (Å²) in [7, 11) is 0. The smallest absolute Gasteiger partial charge is 0.200 e. The molecule has 2 aromatic rings. The average Bonchev–Trinajstić information content (AvgIpc) is 2.45. The molecule has 1 aromatic carbocycles. The van der Waals surface area contributed by atoms with Gasteiger partial charge >= 0.3 is 0 Å². The van der Waals surface area contributed by atoms with E-state index in [0.717, 1.165) is 27.6 Å². The molecule has 0 amide bonds. The Bertz CT molecular complexity index is 475. The molecule has 0 aliphatic heterocycles. The molecule has 1 aromatic heterocycles. The van der Waals surface area contributed by atoms with Crippen LogP contribution in [0.2, 0.25) is 0 Å². The van der Waals surface area contributed by atoms with Crippen LogP contribution in [-0.2, 0) is 5.92 Å². The van der Waals surface area contributed by atoms with Crippen molar-refractivity contribution in [2.45, 2.75) is 12.8 Å². The number of aromatic nitrogens is 1.